The van der Waals surface area contributed by atoms with Gasteiger partial charge in [0.1, 0.15) is 0 Å². The molecule has 145 valence electrons. The van der Waals surface area contributed by atoms with E-state index in [1.165, 1.54) is 77.0 Å². The van der Waals surface area contributed by atoms with Crippen LogP contribution >= 0.6 is 7.82 Å². The predicted molar refractivity (Wildman–Crippen MR) is 98.7 cm³/mol. The van der Waals surface area contributed by atoms with Crippen LogP contribution in [0.2, 0.25) is 0 Å². The van der Waals surface area contributed by atoms with E-state index in [0.717, 1.165) is 31.1 Å². The minimum Gasteiger partial charge on any atom is -0.303 e. The predicted octanol–water partition coefficient (Wildman–Crippen LogP) is 5.17. The van der Waals surface area contributed by atoms with Crippen LogP contribution in [0.15, 0.2) is 12.2 Å². The molecule has 7 heteroatoms. The van der Waals surface area contributed by atoms with Crippen molar-refractivity contribution in [3.63, 3.8) is 0 Å². The maximum atomic E-state index is 10.8. The van der Waals surface area contributed by atoms with Crippen LogP contribution in [0.5, 0.6) is 0 Å². The molecule has 5 nitrogen and oxygen atoms in total. The molecule has 0 heterocycles. The Bertz CT molecular complexity index is 360. The number of allylic oxidation sites excluding steroid dienone is 2. The van der Waals surface area contributed by atoms with Gasteiger partial charge in [0.2, 0.25) is 0 Å². The number of rotatable bonds is 15. The van der Waals surface area contributed by atoms with Gasteiger partial charge in [0.05, 0.1) is 0 Å². The molecule has 0 fully saturated rings. The van der Waals surface area contributed by atoms with E-state index in [1.54, 1.807) is 0 Å². The van der Waals surface area contributed by atoms with Gasteiger partial charge in [-0.2, -0.15) is 0 Å². The molecule has 0 aromatic rings. The van der Waals surface area contributed by atoms with Gasteiger partial charge >= 0.3 is 105 Å². The van der Waals surface area contributed by atoms with E-state index in [-0.39, 0.29) is 0 Å². The van der Waals surface area contributed by atoms with Crippen molar-refractivity contribution >= 4 is 12.2 Å². The van der Waals surface area contributed by atoms with Crippen LogP contribution in [0.1, 0.15) is 96.8 Å². The standard InChI is InChI=1S/C18H33O.H3O4P.Zn/c1-2-3-4-5-6-7-8-9-10-11-12-13-14-15-16-17-18-19;1-5(2,3)4;/h9-10H,2-8,11-17H2,1H3;(H3,1,2,3,4);/b10-9-;;. The van der Waals surface area contributed by atoms with Gasteiger partial charge in [0.15, 0.2) is 0 Å². The van der Waals surface area contributed by atoms with Crippen molar-refractivity contribution in [2.75, 3.05) is 0 Å². The summed E-state index contributed by atoms with van der Waals surface area (Å²) in [6, 6.07) is 0. The fourth-order valence-corrected chi connectivity index (χ4v) is 2.92. The second-order valence-corrected chi connectivity index (χ2v) is 9.07. The Labute approximate surface area is 163 Å². The first-order valence-electron chi connectivity index (χ1n) is 9.55. The van der Waals surface area contributed by atoms with Crippen LogP contribution in [0.25, 0.3) is 0 Å². The summed E-state index contributed by atoms with van der Waals surface area (Å²) in [5, 5.41) is 0. The molecular weight excluding hydrogens is 393 g/mol. The zero-order valence-corrected chi connectivity index (χ0v) is 19.7. The summed E-state index contributed by atoms with van der Waals surface area (Å²) in [5.74, 6) is 0. The average molecular weight is 429 g/mol. The molecule has 0 radical (unpaired) electrons. The molecule has 0 saturated heterocycles. The Hall–Kier alpha value is 0.143. The quantitative estimate of drug-likeness (QED) is 0.145. The summed E-state index contributed by atoms with van der Waals surface area (Å²) in [6.07, 6.45) is 22.8. The number of hydrogen-bond acceptors (Lipinski definition) is 2. The van der Waals surface area contributed by atoms with Gasteiger partial charge in [-0.15, -0.1) is 0 Å². The molecule has 0 aromatic heterocycles. The van der Waals surface area contributed by atoms with Crippen LogP contribution in [-0.4, -0.2) is 19.1 Å². The van der Waals surface area contributed by atoms with Crippen molar-refractivity contribution in [1.29, 1.82) is 0 Å². The van der Waals surface area contributed by atoms with E-state index in [2.05, 4.69) is 19.1 Å². The van der Waals surface area contributed by atoms with E-state index in [1.807, 2.05) is 0 Å². The average Bonchev–Trinajstić information content (AvgIpc) is 2.49. The smallest absolute Gasteiger partial charge is 0.303 e. The summed E-state index contributed by atoms with van der Waals surface area (Å²) in [5.41, 5.74) is 0. The number of carbonyl (C=O) groups is 1. The first-order chi connectivity index (χ1) is 11.8. The Kier molecular flexibility index (Phi) is 22.4. The molecule has 0 aliphatic heterocycles. The van der Waals surface area contributed by atoms with Gasteiger partial charge in [0.25, 0.3) is 0 Å². The van der Waals surface area contributed by atoms with Crippen molar-refractivity contribution in [1.82, 2.24) is 0 Å². The third kappa shape index (κ3) is 40.3. The summed E-state index contributed by atoms with van der Waals surface area (Å²) in [7, 11) is -4.64. The van der Waals surface area contributed by atoms with E-state index < -0.39 is 7.82 Å². The Morgan fingerprint density at radius 2 is 1.16 bits per heavy atom. The molecule has 0 aliphatic rings. The third-order valence-corrected chi connectivity index (χ3v) is 4.46. The minimum atomic E-state index is -4.64. The Morgan fingerprint density at radius 1 is 0.800 bits per heavy atom. The second kappa shape index (κ2) is 20.5. The topological polar surface area (TPSA) is 94.8 Å². The molecule has 0 aliphatic carbocycles. The molecule has 0 rings (SSSR count). The first-order valence-corrected chi connectivity index (χ1v) is 12.6. The molecule has 0 bridgehead atoms. The first kappa shape index (κ1) is 27.4. The van der Waals surface area contributed by atoms with Gasteiger partial charge in [-0.05, 0) is 0 Å². The number of carbonyl (C=O) groups excluding carboxylic acids is 1. The van der Waals surface area contributed by atoms with Gasteiger partial charge in [-0.25, -0.2) is 4.57 Å². The number of phosphoric acid groups is 1. The maximum absolute atomic E-state index is 10.8. The van der Waals surface area contributed by atoms with Gasteiger partial charge in [-0.3, -0.25) is 0 Å². The molecule has 25 heavy (non-hydrogen) atoms. The zero-order chi connectivity index (χ0) is 19.4. The van der Waals surface area contributed by atoms with Crippen molar-refractivity contribution in [2.24, 2.45) is 0 Å². The molecule has 0 amide bonds. The van der Waals surface area contributed by atoms with E-state index in [9.17, 15) is 4.79 Å². The normalized spacial score (nSPS) is 11.4. The summed E-state index contributed by atoms with van der Waals surface area (Å²) in [6.45, 7) is 2.27. The van der Waals surface area contributed by atoms with Crippen molar-refractivity contribution in [3.05, 3.63) is 12.2 Å². The fraction of sp³-hybridized carbons (Fsp3) is 0.833. The zero-order valence-electron chi connectivity index (χ0n) is 15.9. The molecule has 0 atom stereocenters. The van der Waals surface area contributed by atoms with Crippen molar-refractivity contribution in [3.8, 4) is 0 Å². The van der Waals surface area contributed by atoms with E-state index >= 15 is 0 Å². The van der Waals surface area contributed by atoms with Gasteiger partial charge < -0.3 is 14.7 Å². The minimum absolute atomic E-state index is 0.461. The second-order valence-electron chi connectivity index (χ2n) is 6.39. The van der Waals surface area contributed by atoms with Crippen molar-refractivity contribution < 1.29 is 42.3 Å². The largest absolute Gasteiger partial charge is 0.466 e. The molecule has 0 aromatic carbocycles. The molecule has 0 saturated carbocycles. The summed E-state index contributed by atoms with van der Waals surface area (Å²) < 4.78 is 9.34. The Balaban J connectivity index is 0. The van der Waals surface area contributed by atoms with Crippen LogP contribution in [0.4, 0.5) is 0 Å². The monoisotopic (exact) mass is 427 g/mol. The van der Waals surface area contributed by atoms with Crippen LogP contribution in [-0.2, 0) is 27.7 Å². The maximum Gasteiger partial charge on any atom is 0.466 e. The molecule has 0 spiro atoms. The SMILES string of the molecule is CCCCCCCC/C=C\CCCCCCC[C](=O)[Zn].O=P(O)(O)O. The van der Waals surface area contributed by atoms with Crippen molar-refractivity contribution in [2.45, 2.75) is 96.8 Å². The van der Waals surface area contributed by atoms with Gasteiger partial charge in [0, 0.05) is 0 Å². The fourth-order valence-electron chi connectivity index (χ4n) is 2.39. The molecule has 3 N–H and O–H groups in total. The summed E-state index contributed by atoms with van der Waals surface area (Å²) in [4.78, 5) is 32.4. The molecule has 0 unspecified atom stereocenters. The Morgan fingerprint density at radius 3 is 1.56 bits per heavy atom. The van der Waals surface area contributed by atoms with E-state index in [4.69, 9.17) is 19.2 Å². The van der Waals surface area contributed by atoms with Crippen LogP contribution in [0, 0.1) is 0 Å². The summed E-state index contributed by atoms with van der Waals surface area (Å²) >= 11 is 0.837. The van der Waals surface area contributed by atoms with E-state index in [0.29, 0.717) is 4.38 Å². The third-order valence-electron chi connectivity index (χ3n) is 3.72. The molecular formula is C18H36O5PZn. The number of unbranched alkanes of at least 4 members (excludes halogenated alkanes) is 11. The number of hydrogen-bond donors (Lipinski definition) is 3. The van der Waals surface area contributed by atoms with Crippen LogP contribution < -0.4 is 0 Å². The van der Waals surface area contributed by atoms with Gasteiger partial charge in [-0.1, -0.05) is 39.0 Å². The van der Waals surface area contributed by atoms with Crippen LogP contribution in [0.3, 0.4) is 0 Å².